The van der Waals surface area contributed by atoms with Gasteiger partial charge in [0.1, 0.15) is 0 Å². The summed E-state index contributed by atoms with van der Waals surface area (Å²) in [7, 11) is -2.97. The van der Waals surface area contributed by atoms with E-state index in [0.717, 1.165) is 19.4 Å². The van der Waals surface area contributed by atoms with Gasteiger partial charge in [-0.15, -0.1) is 0 Å². The molecule has 0 aromatic rings. The largest absolute Gasteiger partial charge is 0.349 e. The third-order valence-corrected chi connectivity index (χ3v) is 6.13. The molecule has 2 saturated heterocycles. The van der Waals surface area contributed by atoms with Crippen LogP contribution in [0.3, 0.4) is 0 Å². The van der Waals surface area contributed by atoms with Crippen LogP contribution in [-0.2, 0) is 14.6 Å². The number of nitrogens with zero attached hydrogens (tertiary/aromatic N) is 1. The van der Waals surface area contributed by atoms with Crippen molar-refractivity contribution >= 4 is 15.7 Å². The standard InChI is InChI=1S/C13H24N2O3S/c1-11-5-3-4-7-15(11)9-12(16)14-13(2)6-8-19(17,18)10-13/h11H,3-10H2,1-2H3,(H,14,16)/t11-,13+/m1/s1. The Hall–Kier alpha value is -0.620. The summed E-state index contributed by atoms with van der Waals surface area (Å²) in [5.41, 5.74) is -0.574. The monoisotopic (exact) mass is 288 g/mol. The molecule has 2 atom stereocenters. The highest BCUT2D eigenvalue weighted by Gasteiger charge is 2.39. The highest BCUT2D eigenvalue weighted by Crippen LogP contribution is 2.23. The van der Waals surface area contributed by atoms with Crippen molar-refractivity contribution in [1.29, 1.82) is 0 Å². The van der Waals surface area contributed by atoms with Crippen LogP contribution in [-0.4, -0.2) is 55.4 Å². The summed E-state index contributed by atoms with van der Waals surface area (Å²) in [6.45, 7) is 5.32. The van der Waals surface area contributed by atoms with Crippen molar-refractivity contribution in [3.05, 3.63) is 0 Å². The number of sulfone groups is 1. The third kappa shape index (κ3) is 3.92. The van der Waals surface area contributed by atoms with E-state index in [2.05, 4.69) is 17.1 Å². The van der Waals surface area contributed by atoms with Crippen molar-refractivity contribution in [3.63, 3.8) is 0 Å². The van der Waals surface area contributed by atoms with Gasteiger partial charge < -0.3 is 5.32 Å². The Morgan fingerprint density at radius 3 is 2.74 bits per heavy atom. The highest BCUT2D eigenvalue weighted by atomic mass is 32.2. The molecule has 0 bridgehead atoms. The Balaban J connectivity index is 1.87. The summed E-state index contributed by atoms with van der Waals surface area (Å²) >= 11 is 0. The lowest BCUT2D eigenvalue weighted by molar-refractivity contribution is -0.124. The van der Waals surface area contributed by atoms with Crippen molar-refractivity contribution in [2.75, 3.05) is 24.6 Å². The number of piperidine rings is 1. The summed E-state index contributed by atoms with van der Waals surface area (Å²) in [5.74, 6) is 0.207. The van der Waals surface area contributed by atoms with Gasteiger partial charge in [0.15, 0.2) is 9.84 Å². The number of hydrogen-bond acceptors (Lipinski definition) is 4. The van der Waals surface area contributed by atoms with Gasteiger partial charge in [-0.2, -0.15) is 0 Å². The second-order valence-electron chi connectivity index (χ2n) is 6.27. The van der Waals surface area contributed by atoms with Gasteiger partial charge in [-0.05, 0) is 39.7 Å². The molecule has 19 heavy (non-hydrogen) atoms. The van der Waals surface area contributed by atoms with Crippen LogP contribution in [0.4, 0.5) is 0 Å². The number of nitrogens with one attached hydrogen (secondary N) is 1. The summed E-state index contributed by atoms with van der Waals surface area (Å²) in [5, 5.41) is 2.92. The van der Waals surface area contributed by atoms with Crippen LogP contribution in [0.1, 0.15) is 39.5 Å². The lowest BCUT2D eigenvalue weighted by atomic mass is 10.0. The fraction of sp³-hybridized carbons (Fsp3) is 0.923. The number of hydrogen-bond donors (Lipinski definition) is 1. The number of likely N-dealkylation sites (tertiary alicyclic amines) is 1. The van der Waals surface area contributed by atoms with E-state index in [4.69, 9.17) is 0 Å². The molecule has 0 radical (unpaired) electrons. The maximum Gasteiger partial charge on any atom is 0.234 e. The van der Waals surface area contributed by atoms with E-state index in [-0.39, 0.29) is 17.4 Å². The van der Waals surface area contributed by atoms with Crippen LogP contribution in [0.2, 0.25) is 0 Å². The zero-order chi connectivity index (χ0) is 14.1. The summed E-state index contributed by atoms with van der Waals surface area (Å²) in [4.78, 5) is 14.3. The molecule has 0 aromatic heterocycles. The lowest BCUT2D eigenvalue weighted by Crippen LogP contribution is -2.52. The third-order valence-electron chi connectivity index (χ3n) is 4.23. The zero-order valence-corrected chi connectivity index (χ0v) is 12.6. The average Bonchev–Trinajstić information content (AvgIpc) is 2.56. The second-order valence-corrected chi connectivity index (χ2v) is 8.45. The van der Waals surface area contributed by atoms with Gasteiger partial charge in [0, 0.05) is 6.04 Å². The van der Waals surface area contributed by atoms with Gasteiger partial charge >= 0.3 is 0 Å². The summed E-state index contributed by atoms with van der Waals surface area (Å²) < 4.78 is 23.0. The van der Waals surface area contributed by atoms with E-state index < -0.39 is 15.4 Å². The molecule has 0 saturated carbocycles. The van der Waals surface area contributed by atoms with Gasteiger partial charge in [0.25, 0.3) is 0 Å². The van der Waals surface area contributed by atoms with E-state index >= 15 is 0 Å². The molecule has 0 aliphatic carbocycles. The first-order valence-electron chi connectivity index (χ1n) is 7.05. The van der Waals surface area contributed by atoms with Crippen LogP contribution < -0.4 is 5.32 Å². The van der Waals surface area contributed by atoms with Crippen LogP contribution in [0.25, 0.3) is 0 Å². The molecular formula is C13H24N2O3S. The first-order chi connectivity index (χ1) is 8.80. The molecule has 5 nitrogen and oxygen atoms in total. The van der Waals surface area contributed by atoms with Gasteiger partial charge in [-0.25, -0.2) is 8.42 Å². The molecule has 0 aromatic carbocycles. The van der Waals surface area contributed by atoms with Crippen molar-refractivity contribution in [3.8, 4) is 0 Å². The Morgan fingerprint density at radius 2 is 2.16 bits per heavy atom. The minimum absolute atomic E-state index is 0.0478. The SMILES string of the molecule is C[C@@H]1CCCCN1CC(=O)N[C@@]1(C)CCS(=O)(=O)C1. The summed E-state index contributed by atoms with van der Waals surface area (Å²) in [6.07, 6.45) is 4.04. The molecule has 2 aliphatic heterocycles. The topological polar surface area (TPSA) is 66.5 Å². The van der Waals surface area contributed by atoms with Gasteiger partial charge in [0.05, 0.1) is 23.6 Å². The molecule has 2 heterocycles. The van der Waals surface area contributed by atoms with Crippen molar-refractivity contribution < 1.29 is 13.2 Å². The number of rotatable bonds is 3. The molecule has 0 unspecified atom stereocenters. The first-order valence-corrected chi connectivity index (χ1v) is 8.87. The number of amides is 1. The Morgan fingerprint density at radius 1 is 1.42 bits per heavy atom. The van der Waals surface area contributed by atoms with Crippen LogP contribution >= 0.6 is 0 Å². The Labute approximate surface area is 115 Å². The van der Waals surface area contributed by atoms with E-state index in [1.807, 2.05) is 6.92 Å². The van der Waals surface area contributed by atoms with Crippen molar-refractivity contribution in [1.82, 2.24) is 10.2 Å². The Kier molecular flexibility index (Phi) is 4.20. The van der Waals surface area contributed by atoms with Gasteiger partial charge in [-0.3, -0.25) is 9.69 Å². The lowest BCUT2D eigenvalue weighted by Gasteiger charge is -2.34. The average molecular weight is 288 g/mol. The molecule has 2 aliphatic rings. The van der Waals surface area contributed by atoms with Crippen LogP contribution in [0.15, 0.2) is 0 Å². The normalized spacial score (nSPS) is 35.2. The van der Waals surface area contributed by atoms with Gasteiger partial charge in [0.2, 0.25) is 5.91 Å². The van der Waals surface area contributed by atoms with E-state index in [1.165, 1.54) is 6.42 Å². The smallest absolute Gasteiger partial charge is 0.234 e. The molecule has 110 valence electrons. The fourth-order valence-corrected chi connectivity index (χ4v) is 5.16. The minimum Gasteiger partial charge on any atom is -0.349 e. The predicted octanol–water partition coefficient (Wildman–Crippen LogP) is 0.554. The minimum atomic E-state index is -2.97. The predicted molar refractivity (Wildman–Crippen MR) is 74.7 cm³/mol. The molecule has 1 amide bonds. The number of carbonyl (C=O) groups excluding carboxylic acids is 1. The molecule has 6 heteroatoms. The maximum absolute atomic E-state index is 12.1. The number of carbonyl (C=O) groups is 1. The fourth-order valence-electron chi connectivity index (χ4n) is 3.06. The highest BCUT2D eigenvalue weighted by molar-refractivity contribution is 7.91. The van der Waals surface area contributed by atoms with Crippen molar-refractivity contribution in [2.45, 2.75) is 51.1 Å². The first kappa shape index (κ1) is 14.8. The second kappa shape index (κ2) is 5.40. The van der Waals surface area contributed by atoms with Crippen LogP contribution in [0, 0.1) is 0 Å². The zero-order valence-electron chi connectivity index (χ0n) is 11.8. The molecule has 1 N–H and O–H groups in total. The molecule has 0 spiro atoms. The molecule has 2 rings (SSSR count). The molecular weight excluding hydrogens is 264 g/mol. The molecule has 2 fully saturated rings. The Bertz CT molecular complexity index is 449. The van der Waals surface area contributed by atoms with E-state index in [1.54, 1.807) is 0 Å². The van der Waals surface area contributed by atoms with Crippen LogP contribution in [0.5, 0.6) is 0 Å². The van der Waals surface area contributed by atoms with Gasteiger partial charge in [-0.1, -0.05) is 6.42 Å². The van der Waals surface area contributed by atoms with E-state index in [0.29, 0.717) is 19.0 Å². The van der Waals surface area contributed by atoms with Crippen molar-refractivity contribution in [2.24, 2.45) is 0 Å². The maximum atomic E-state index is 12.1. The quantitative estimate of drug-likeness (QED) is 0.824. The summed E-state index contributed by atoms with van der Waals surface area (Å²) in [6, 6.07) is 0.444. The van der Waals surface area contributed by atoms with E-state index in [9.17, 15) is 13.2 Å².